The number of rotatable bonds is 5. The van der Waals surface area contributed by atoms with Gasteiger partial charge in [0.05, 0.1) is 27.6 Å². The van der Waals surface area contributed by atoms with Crippen molar-refractivity contribution in [2.24, 2.45) is 0 Å². The van der Waals surface area contributed by atoms with Gasteiger partial charge in [-0.25, -0.2) is 0 Å². The summed E-state index contributed by atoms with van der Waals surface area (Å²) < 4.78 is 17.3. The predicted octanol–water partition coefficient (Wildman–Crippen LogP) is 2.44. The molecule has 21 heavy (non-hydrogen) atoms. The number of ether oxygens (including phenoxy) is 1. The van der Waals surface area contributed by atoms with E-state index in [1.807, 2.05) is 0 Å². The third kappa shape index (κ3) is 4.85. The normalized spacial score (nSPS) is 19.4. The van der Waals surface area contributed by atoms with Crippen LogP contribution in [0.1, 0.15) is 12.8 Å². The average Bonchev–Trinajstić information content (AvgIpc) is 2.86. The molecule has 2 rings (SSSR count). The molecule has 3 N–H and O–H groups in total. The molecule has 1 saturated heterocycles. The second-order valence-corrected chi connectivity index (χ2v) is 7.11. The van der Waals surface area contributed by atoms with Crippen molar-refractivity contribution in [3.05, 3.63) is 22.2 Å². The lowest BCUT2D eigenvalue weighted by Gasteiger charge is -2.11. The Labute approximate surface area is 135 Å². The molecular weight excluding hydrogens is 335 g/mol. The van der Waals surface area contributed by atoms with E-state index in [1.54, 1.807) is 0 Å². The van der Waals surface area contributed by atoms with Crippen LogP contribution < -0.4 is 11.1 Å². The van der Waals surface area contributed by atoms with E-state index in [1.165, 1.54) is 12.1 Å². The lowest BCUT2D eigenvalue weighted by Crippen LogP contribution is -2.25. The van der Waals surface area contributed by atoms with Crippen LogP contribution in [-0.2, 0) is 20.3 Å². The summed E-state index contributed by atoms with van der Waals surface area (Å²) in [5, 5.41) is 3.07. The van der Waals surface area contributed by atoms with Gasteiger partial charge >= 0.3 is 0 Å². The van der Waals surface area contributed by atoms with Crippen molar-refractivity contribution in [3.8, 4) is 0 Å². The molecule has 2 unspecified atom stereocenters. The van der Waals surface area contributed by atoms with E-state index in [0.29, 0.717) is 18.0 Å². The van der Waals surface area contributed by atoms with E-state index in [-0.39, 0.29) is 27.6 Å². The van der Waals surface area contributed by atoms with E-state index < -0.39 is 16.7 Å². The number of anilines is 2. The van der Waals surface area contributed by atoms with Gasteiger partial charge in [0.25, 0.3) is 0 Å². The fraction of sp³-hybridized carbons (Fsp3) is 0.462. The predicted molar refractivity (Wildman–Crippen MR) is 86.4 cm³/mol. The Kier molecular flexibility index (Phi) is 5.87. The summed E-state index contributed by atoms with van der Waals surface area (Å²) in [5.74, 6) is -0.145. The van der Waals surface area contributed by atoms with Crippen molar-refractivity contribution < 1.29 is 13.7 Å². The highest BCUT2D eigenvalue weighted by atomic mass is 35.5. The molecule has 0 aliphatic carbocycles. The third-order valence-electron chi connectivity index (χ3n) is 3.02. The number of nitrogen functional groups attached to an aromatic ring is 1. The van der Waals surface area contributed by atoms with Crippen molar-refractivity contribution in [1.82, 2.24) is 0 Å². The second kappa shape index (κ2) is 7.45. The molecule has 0 aromatic heterocycles. The van der Waals surface area contributed by atoms with Crippen LogP contribution in [0.5, 0.6) is 0 Å². The fourth-order valence-electron chi connectivity index (χ4n) is 2.08. The number of benzene rings is 1. The topological polar surface area (TPSA) is 81.4 Å². The maximum atomic E-state index is 11.9. The Morgan fingerprint density at radius 3 is 2.67 bits per heavy atom. The third-order valence-corrected chi connectivity index (χ3v) is 4.94. The molecule has 1 amide bonds. The van der Waals surface area contributed by atoms with E-state index in [2.05, 4.69) is 5.32 Å². The van der Waals surface area contributed by atoms with E-state index in [9.17, 15) is 9.00 Å². The van der Waals surface area contributed by atoms with Crippen LogP contribution in [-0.4, -0.2) is 34.3 Å². The van der Waals surface area contributed by atoms with Crippen molar-refractivity contribution >= 4 is 51.3 Å². The minimum Gasteiger partial charge on any atom is -0.399 e. The van der Waals surface area contributed by atoms with Crippen LogP contribution in [0.25, 0.3) is 0 Å². The zero-order valence-electron chi connectivity index (χ0n) is 11.2. The molecule has 1 heterocycles. The van der Waals surface area contributed by atoms with Crippen LogP contribution in [0, 0.1) is 0 Å². The highest BCUT2D eigenvalue weighted by Gasteiger charge is 2.20. The first-order valence-corrected chi connectivity index (χ1v) is 8.71. The Hall–Kier alpha value is -0.820. The van der Waals surface area contributed by atoms with Gasteiger partial charge in [0.2, 0.25) is 5.91 Å². The van der Waals surface area contributed by atoms with Crippen LogP contribution in [0.2, 0.25) is 10.0 Å². The minimum absolute atomic E-state index is 0.0117. The first-order chi connectivity index (χ1) is 9.95. The quantitative estimate of drug-likeness (QED) is 0.799. The number of nitrogens with one attached hydrogen (secondary N) is 1. The SMILES string of the molecule is Nc1cc(Cl)c(NC(=O)CS(=O)CC2CCCO2)c(Cl)c1. The van der Waals surface area contributed by atoms with Crippen molar-refractivity contribution in [3.63, 3.8) is 0 Å². The summed E-state index contributed by atoms with van der Waals surface area (Å²) in [5.41, 5.74) is 6.28. The Bertz CT molecular complexity index is 539. The highest BCUT2D eigenvalue weighted by molar-refractivity contribution is 7.85. The molecule has 1 aromatic carbocycles. The molecule has 1 aromatic rings. The molecule has 0 radical (unpaired) electrons. The molecule has 0 saturated carbocycles. The summed E-state index contributed by atoms with van der Waals surface area (Å²) in [4.78, 5) is 11.9. The van der Waals surface area contributed by atoms with Gasteiger partial charge in [0, 0.05) is 23.1 Å². The lowest BCUT2D eigenvalue weighted by atomic mass is 10.3. The Morgan fingerprint density at radius 2 is 2.10 bits per heavy atom. The van der Waals surface area contributed by atoms with Gasteiger partial charge in [0.1, 0.15) is 5.75 Å². The van der Waals surface area contributed by atoms with Crippen molar-refractivity contribution in [2.45, 2.75) is 18.9 Å². The van der Waals surface area contributed by atoms with Crippen LogP contribution in [0.4, 0.5) is 11.4 Å². The van der Waals surface area contributed by atoms with Gasteiger partial charge in [-0.05, 0) is 25.0 Å². The number of carbonyl (C=O) groups excluding carboxylic acids is 1. The monoisotopic (exact) mass is 350 g/mol. The summed E-state index contributed by atoms with van der Waals surface area (Å²) in [6.45, 7) is 0.699. The largest absolute Gasteiger partial charge is 0.399 e. The zero-order chi connectivity index (χ0) is 15.4. The average molecular weight is 351 g/mol. The van der Waals surface area contributed by atoms with Gasteiger partial charge in [-0.2, -0.15) is 0 Å². The summed E-state index contributed by atoms with van der Waals surface area (Å²) in [6, 6.07) is 2.98. The molecular formula is C13H16Cl2N2O3S. The molecule has 1 aliphatic rings. The number of hydrogen-bond donors (Lipinski definition) is 2. The number of hydrogen-bond acceptors (Lipinski definition) is 4. The molecule has 2 atom stereocenters. The second-order valence-electron chi connectivity index (χ2n) is 4.79. The minimum atomic E-state index is -1.28. The Morgan fingerprint density at radius 1 is 1.43 bits per heavy atom. The molecule has 1 aliphatic heterocycles. The van der Waals surface area contributed by atoms with E-state index in [4.69, 9.17) is 33.7 Å². The lowest BCUT2D eigenvalue weighted by molar-refractivity contribution is -0.113. The maximum Gasteiger partial charge on any atom is 0.237 e. The van der Waals surface area contributed by atoms with Crippen LogP contribution >= 0.6 is 23.2 Å². The molecule has 0 spiro atoms. The standard InChI is InChI=1S/C13H16Cl2N2O3S/c14-10-4-8(16)5-11(15)13(10)17-12(18)7-21(19)6-9-2-1-3-20-9/h4-5,9H,1-3,6-7,16H2,(H,17,18). The van der Waals surface area contributed by atoms with Crippen molar-refractivity contribution in [2.75, 3.05) is 29.2 Å². The van der Waals surface area contributed by atoms with Gasteiger partial charge < -0.3 is 15.8 Å². The van der Waals surface area contributed by atoms with Crippen LogP contribution in [0.3, 0.4) is 0 Å². The maximum absolute atomic E-state index is 11.9. The van der Waals surface area contributed by atoms with Gasteiger partial charge in [-0.15, -0.1) is 0 Å². The number of halogens is 2. The smallest absolute Gasteiger partial charge is 0.237 e. The molecule has 116 valence electrons. The Balaban J connectivity index is 1.91. The summed E-state index contributed by atoms with van der Waals surface area (Å²) in [6.07, 6.45) is 1.86. The van der Waals surface area contributed by atoms with Gasteiger partial charge in [0.15, 0.2) is 0 Å². The zero-order valence-corrected chi connectivity index (χ0v) is 13.6. The number of nitrogens with two attached hydrogens (primary N) is 1. The molecule has 0 bridgehead atoms. The van der Waals surface area contributed by atoms with Crippen molar-refractivity contribution in [1.29, 1.82) is 0 Å². The first-order valence-electron chi connectivity index (χ1n) is 6.46. The highest BCUT2D eigenvalue weighted by Crippen LogP contribution is 2.32. The van der Waals surface area contributed by atoms with E-state index >= 15 is 0 Å². The molecule has 1 fully saturated rings. The molecule has 5 nitrogen and oxygen atoms in total. The first kappa shape index (κ1) is 16.5. The van der Waals surface area contributed by atoms with Gasteiger partial charge in [-0.3, -0.25) is 9.00 Å². The summed E-state index contributed by atoms with van der Waals surface area (Å²) in [7, 11) is -1.28. The number of amides is 1. The van der Waals surface area contributed by atoms with Crippen LogP contribution in [0.15, 0.2) is 12.1 Å². The number of carbonyl (C=O) groups is 1. The fourth-order valence-corrected chi connectivity index (χ4v) is 3.83. The van der Waals surface area contributed by atoms with E-state index in [0.717, 1.165) is 12.8 Å². The summed E-state index contributed by atoms with van der Waals surface area (Å²) >= 11 is 12.0. The van der Waals surface area contributed by atoms with Gasteiger partial charge in [-0.1, -0.05) is 23.2 Å². The molecule has 8 heteroatoms.